The molecule has 1 saturated heterocycles. The van der Waals surface area contributed by atoms with Crippen molar-refractivity contribution < 1.29 is 28.3 Å². The number of hydrogen-bond donors (Lipinski definition) is 2. The van der Waals surface area contributed by atoms with Crippen LogP contribution in [0.2, 0.25) is 0 Å². The van der Waals surface area contributed by atoms with E-state index in [0.717, 1.165) is 0 Å². The number of methoxy groups -OCH3 is 1. The third-order valence-corrected chi connectivity index (χ3v) is 2.84. The number of phosphoric ester groups is 1. The monoisotopic (exact) mass is 236 g/mol. The molecule has 1 unspecified atom stereocenters. The Balaban J connectivity index is 2.68. The maximum absolute atomic E-state index is 10.7. The Morgan fingerprint density at radius 3 is 2.60 bits per heavy atom. The van der Waals surface area contributed by atoms with Crippen LogP contribution in [0.3, 0.4) is 0 Å². The van der Waals surface area contributed by atoms with Gasteiger partial charge in [-0.15, -0.1) is 0 Å². The van der Waals surface area contributed by atoms with Gasteiger partial charge in [0.15, 0.2) is 0 Å². The van der Waals surface area contributed by atoms with Crippen LogP contribution in [0.15, 0.2) is 0 Å². The van der Waals surface area contributed by atoms with Crippen LogP contribution >= 0.6 is 7.82 Å². The van der Waals surface area contributed by atoms with Gasteiger partial charge < -0.3 is 19.3 Å². The second-order valence-electron chi connectivity index (χ2n) is 3.51. The average Bonchev–Trinajstić information content (AvgIpc) is 2.32. The van der Waals surface area contributed by atoms with Gasteiger partial charge in [0.1, 0.15) is 20.1 Å². The number of rotatable bonds is 4. The van der Waals surface area contributed by atoms with E-state index in [4.69, 9.17) is 27.1 Å². The first-order valence-electron chi connectivity index (χ1n) is 4.49. The molecule has 4 atom stereocenters. The molecular formula is C7H14BO6P. The Morgan fingerprint density at radius 2 is 2.13 bits per heavy atom. The first-order valence-corrected chi connectivity index (χ1v) is 6.02. The zero-order valence-corrected chi connectivity index (χ0v) is 9.46. The molecule has 1 aliphatic rings. The summed E-state index contributed by atoms with van der Waals surface area (Å²) in [6.07, 6.45) is -1.30. The standard InChI is InChI=1S/C7H14BO6P/c1-4-6(14-15(9,10)11)5(3-12-2)13-7(4)8/h4-7H,3H2,1-2H3,(H2,9,10,11)/t4-,5+,6?,7+/m0/s1. The number of hydrogen-bond acceptors (Lipinski definition) is 4. The minimum absolute atomic E-state index is 0.183. The van der Waals surface area contributed by atoms with Crippen LogP contribution in [0, 0.1) is 5.92 Å². The van der Waals surface area contributed by atoms with Gasteiger partial charge in [0.2, 0.25) is 0 Å². The van der Waals surface area contributed by atoms with Gasteiger partial charge >= 0.3 is 7.82 Å². The molecule has 86 valence electrons. The van der Waals surface area contributed by atoms with Crippen LogP contribution in [0.25, 0.3) is 0 Å². The minimum atomic E-state index is -4.53. The maximum Gasteiger partial charge on any atom is 0.469 e. The van der Waals surface area contributed by atoms with Crippen LogP contribution in [0.4, 0.5) is 0 Å². The van der Waals surface area contributed by atoms with Gasteiger partial charge in [-0.3, -0.25) is 4.52 Å². The summed E-state index contributed by atoms with van der Waals surface area (Å²) in [5.41, 5.74) is 0. The molecular weight excluding hydrogens is 222 g/mol. The van der Waals surface area contributed by atoms with Gasteiger partial charge in [0.25, 0.3) is 0 Å². The quantitative estimate of drug-likeness (QED) is 0.512. The van der Waals surface area contributed by atoms with E-state index in [1.165, 1.54) is 7.11 Å². The van der Waals surface area contributed by atoms with Gasteiger partial charge in [-0.1, -0.05) is 6.92 Å². The smallest absolute Gasteiger partial charge is 0.382 e. The molecule has 0 aliphatic carbocycles. The molecule has 15 heavy (non-hydrogen) atoms. The molecule has 1 aliphatic heterocycles. The Bertz CT molecular complexity index is 256. The van der Waals surface area contributed by atoms with E-state index in [2.05, 4.69) is 4.52 Å². The van der Waals surface area contributed by atoms with Crippen LogP contribution in [-0.2, 0) is 18.6 Å². The summed E-state index contributed by atoms with van der Waals surface area (Å²) in [7, 11) is 2.53. The summed E-state index contributed by atoms with van der Waals surface area (Å²) >= 11 is 0. The van der Waals surface area contributed by atoms with E-state index in [0.29, 0.717) is 0 Å². The van der Waals surface area contributed by atoms with Crippen LogP contribution in [0.5, 0.6) is 0 Å². The van der Waals surface area contributed by atoms with E-state index in [1.807, 2.05) is 0 Å². The molecule has 0 bridgehead atoms. The molecule has 0 aromatic heterocycles. The first-order chi connectivity index (χ1) is 6.85. The highest BCUT2D eigenvalue weighted by Gasteiger charge is 2.43. The highest BCUT2D eigenvalue weighted by molar-refractivity contribution is 7.46. The highest BCUT2D eigenvalue weighted by Crippen LogP contribution is 2.43. The van der Waals surface area contributed by atoms with Gasteiger partial charge in [-0.25, -0.2) is 4.57 Å². The Hall–Kier alpha value is 0.0949. The van der Waals surface area contributed by atoms with Crippen molar-refractivity contribution in [2.24, 2.45) is 5.92 Å². The number of phosphoric acid groups is 1. The molecule has 0 amide bonds. The largest absolute Gasteiger partial charge is 0.469 e. The predicted octanol–water partition coefficient (Wildman–Crippen LogP) is -0.360. The normalized spacial score (nSPS) is 37.1. The fourth-order valence-electron chi connectivity index (χ4n) is 1.55. The molecule has 0 aromatic rings. The molecule has 6 nitrogen and oxygen atoms in total. The van der Waals surface area contributed by atoms with Gasteiger partial charge in [0, 0.05) is 19.0 Å². The predicted molar refractivity (Wildman–Crippen MR) is 52.4 cm³/mol. The molecule has 1 rings (SSSR count). The summed E-state index contributed by atoms with van der Waals surface area (Å²) in [6, 6.07) is -0.596. The topological polar surface area (TPSA) is 85.2 Å². The van der Waals surface area contributed by atoms with Crippen molar-refractivity contribution in [1.82, 2.24) is 0 Å². The van der Waals surface area contributed by atoms with Crippen molar-refractivity contribution in [3.05, 3.63) is 0 Å². The Labute approximate surface area is 89.6 Å². The lowest BCUT2D eigenvalue weighted by Crippen LogP contribution is -2.31. The SMILES string of the molecule is [B][C@@H]1O[C@H](COC)C(OP(=O)(O)O)[C@@H]1C. The lowest BCUT2D eigenvalue weighted by atomic mass is 9.86. The van der Waals surface area contributed by atoms with Crippen molar-refractivity contribution in [2.45, 2.75) is 25.1 Å². The molecule has 0 saturated carbocycles. The van der Waals surface area contributed by atoms with E-state index >= 15 is 0 Å². The molecule has 1 heterocycles. The molecule has 2 N–H and O–H groups in total. The molecule has 1 fully saturated rings. The minimum Gasteiger partial charge on any atom is -0.382 e. The summed E-state index contributed by atoms with van der Waals surface area (Å²) < 4.78 is 25.5. The third kappa shape index (κ3) is 3.55. The number of ether oxygens (including phenoxy) is 2. The molecule has 8 heteroatoms. The highest BCUT2D eigenvalue weighted by atomic mass is 31.2. The second-order valence-corrected chi connectivity index (χ2v) is 4.71. The van der Waals surface area contributed by atoms with E-state index in [9.17, 15) is 4.57 Å². The second kappa shape index (κ2) is 4.95. The van der Waals surface area contributed by atoms with E-state index in [-0.39, 0.29) is 12.5 Å². The average molecular weight is 236 g/mol. The summed E-state index contributed by atoms with van der Waals surface area (Å²) in [5, 5.41) is 0. The van der Waals surface area contributed by atoms with Gasteiger partial charge in [-0.05, 0) is 0 Å². The summed E-state index contributed by atoms with van der Waals surface area (Å²) in [4.78, 5) is 17.4. The van der Waals surface area contributed by atoms with Crippen molar-refractivity contribution in [2.75, 3.05) is 13.7 Å². The fraction of sp³-hybridized carbons (Fsp3) is 1.00. The van der Waals surface area contributed by atoms with E-state index in [1.54, 1.807) is 6.92 Å². The van der Waals surface area contributed by atoms with Crippen LogP contribution < -0.4 is 0 Å². The zero-order valence-electron chi connectivity index (χ0n) is 8.57. The zero-order chi connectivity index (χ0) is 11.6. The Kier molecular flexibility index (Phi) is 4.34. The molecule has 0 aromatic carbocycles. The third-order valence-electron chi connectivity index (χ3n) is 2.32. The lowest BCUT2D eigenvalue weighted by Gasteiger charge is -2.21. The van der Waals surface area contributed by atoms with Crippen molar-refractivity contribution >= 4 is 15.7 Å². The van der Waals surface area contributed by atoms with Crippen LogP contribution in [-0.4, -0.2) is 49.6 Å². The Morgan fingerprint density at radius 1 is 1.53 bits per heavy atom. The van der Waals surface area contributed by atoms with Crippen molar-refractivity contribution in [3.63, 3.8) is 0 Å². The van der Waals surface area contributed by atoms with Crippen molar-refractivity contribution in [3.8, 4) is 0 Å². The maximum atomic E-state index is 10.7. The summed E-state index contributed by atoms with van der Waals surface area (Å²) in [6.45, 7) is 1.89. The van der Waals surface area contributed by atoms with Gasteiger partial charge in [-0.2, -0.15) is 0 Å². The molecule has 2 radical (unpaired) electrons. The lowest BCUT2D eigenvalue weighted by molar-refractivity contribution is -0.0177. The van der Waals surface area contributed by atoms with E-state index < -0.39 is 26.0 Å². The first kappa shape index (κ1) is 13.2. The fourth-order valence-corrected chi connectivity index (χ4v) is 2.19. The summed E-state index contributed by atoms with van der Waals surface area (Å²) in [5.74, 6) is -0.294. The van der Waals surface area contributed by atoms with Crippen molar-refractivity contribution in [1.29, 1.82) is 0 Å². The van der Waals surface area contributed by atoms with Crippen LogP contribution in [0.1, 0.15) is 6.92 Å². The van der Waals surface area contributed by atoms with Gasteiger partial charge in [0.05, 0.1) is 6.61 Å². The molecule has 0 spiro atoms.